The summed E-state index contributed by atoms with van der Waals surface area (Å²) in [6.45, 7) is 0. The fourth-order valence-electron chi connectivity index (χ4n) is 2.21. The van der Waals surface area contributed by atoms with Crippen molar-refractivity contribution in [1.29, 1.82) is 0 Å². The maximum atomic E-state index is 9.36. The second-order valence-corrected chi connectivity index (χ2v) is 4.21. The van der Waals surface area contributed by atoms with Crippen molar-refractivity contribution in [2.75, 3.05) is 0 Å². The minimum absolute atomic E-state index is 0.555. The Morgan fingerprint density at radius 2 is 1.63 bits per heavy atom. The summed E-state index contributed by atoms with van der Waals surface area (Å²) < 4.78 is 0. The van der Waals surface area contributed by atoms with Crippen molar-refractivity contribution >= 4 is 16.5 Å². The molecule has 0 unspecified atom stereocenters. The average molecular weight is 248 g/mol. The molecule has 3 rings (SSSR count). The molecule has 0 aliphatic heterocycles. The molecule has 92 valence electrons. The van der Waals surface area contributed by atoms with Gasteiger partial charge >= 0.3 is 0 Å². The molecule has 0 saturated heterocycles. The molecule has 1 N–H and O–H groups in total. The number of aromatic nitrogens is 1. The van der Waals surface area contributed by atoms with E-state index < -0.39 is 0 Å². The van der Waals surface area contributed by atoms with Crippen LogP contribution in [0.1, 0.15) is 11.1 Å². The summed E-state index contributed by atoms with van der Waals surface area (Å²) in [5.74, 6) is 0. The number of rotatable bonds is 2. The Balaban J connectivity index is 2.24. The molecule has 2 aromatic carbocycles. The lowest BCUT2D eigenvalue weighted by molar-refractivity contribution is 0.319. The maximum absolute atomic E-state index is 9.36. The quantitative estimate of drug-likeness (QED) is 0.429. The highest BCUT2D eigenvalue weighted by molar-refractivity contribution is 6.19. The fraction of sp³-hybridized carbons (Fsp3) is 0. The van der Waals surface area contributed by atoms with Gasteiger partial charge in [0.1, 0.15) is 5.71 Å². The third kappa shape index (κ3) is 2.06. The third-order valence-electron chi connectivity index (χ3n) is 3.10. The van der Waals surface area contributed by atoms with Crippen LogP contribution >= 0.6 is 0 Å². The Hall–Kier alpha value is -2.68. The zero-order valence-corrected chi connectivity index (χ0v) is 10.2. The molecule has 0 saturated carbocycles. The Morgan fingerprint density at radius 3 is 2.42 bits per heavy atom. The van der Waals surface area contributed by atoms with Crippen LogP contribution in [0.25, 0.3) is 10.8 Å². The van der Waals surface area contributed by atoms with Gasteiger partial charge in [0.2, 0.25) is 0 Å². The predicted molar refractivity (Wildman–Crippen MR) is 75.6 cm³/mol. The molecule has 3 heteroatoms. The highest BCUT2D eigenvalue weighted by Gasteiger charge is 2.10. The Kier molecular flexibility index (Phi) is 2.94. The summed E-state index contributed by atoms with van der Waals surface area (Å²) in [5.41, 5.74) is 2.31. The summed E-state index contributed by atoms with van der Waals surface area (Å²) in [6.07, 6.45) is 3.37. The zero-order chi connectivity index (χ0) is 13.1. The predicted octanol–water partition coefficient (Wildman–Crippen LogP) is 3.46. The molecule has 0 aliphatic carbocycles. The van der Waals surface area contributed by atoms with E-state index in [1.165, 1.54) is 0 Å². The number of hydrogen-bond acceptors (Lipinski definition) is 3. The summed E-state index contributed by atoms with van der Waals surface area (Å²) in [6, 6.07) is 17.7. The van der Waals surface area contributed by atoms with Crippen LogP contribution in [0.5, 0.6) is 0 Å². The first-order valence-corrected chi connectivity index (χ1v) is 6.01. The second kappa shape index (κ2) is 4.90. The molecule has 0 fully saturated rings. The summed E-state index contributed by atoms with van der Waals surface area (Å²) in [7, 11) is 0. The largest absolute Gasteiger partial charge is 0.410 e. The van der Waals surface area contributed by atoms with E-state index in [1.54, 1.807) is 12.4 Å². The first-order chi connectivity index (χ1) is 9.40. The number of nitrogens with zero attached hydrogens (tertiary/aromatic N) is 2. The minimum atomic E-state index is 0.555. The molecular weight excluding hydrogens is 236 g/mol. The van der Waals surface area contributed by atoms with Crippen molar-refractivity contribution < 1.29 is 5.21 Å². The van der Waals surface area contributed by atoms with Crippen LogP contribution in [0.15, 0.2) is 72.1 Å². The van der Waals surface area contributed by atoms with Gasteiger partial charge in [-0.1, -0.05) is 47.6 Å². The van der Waals surface area contributed by atoms with E-state index in [0.29, 0.717) is 5.71 Å². The summed E-state index contributed by atoms with van der Waals surface area (Å²) in [4.78, 5) is 3.98. The molecule has 3 nitrogen and oxygen atoms in total. The van der Waals surface area contributed by atoms with Crippen molar-refractivity contribution in [2.45, 2.75) is 0 Å². The molecule has 1 aromatic heterocycles. The molecule has 1 heterocycles. The summed E-state index contributed by atoms with van der Waals surface area (Å²) >= 11 is 0. The van der Waals surface area contributed by atoms with E-state index in [0.717, 1.165) is 21.9 Å². The van der Waals surface area contributed by atoms with E-state index in [4.69, 9.17) is 0 Å². The highest BCUT2D eigenvalue weighted by atomic mass is 16.4. The van der Waals surface area contributed by atoms with Gasteiger partial charge in [0, 0.05) is 23.5 Å². The Labute approximate surface area is 110 Å². The molecule has 0 atom stereocenters. The van der Waals surface area contributed by atoms with Crippen molar-refractivity contribution in [3.63, 3.8) is 0 Å². The maximum Gasteiger partial charge on any atom is 0.117 e. The number of oxime groups is 1. The van der Waals surface area contributed by atoms with Crippen LogP contribution in [0.2, 0.25) is 0 Å². The molecule has 19 heavy (non-hydrogen) atoms. The van der Waals surface area contributed by atoms with Gasteiger partial charge in [-0.3, -0.25) is 4.98 Å². The van der Waals surface area contributed by atoms with E-state index in [9.17, 15) is 5.21 Å². The monoisotopic (exact) mass is 248 g/mol. The van der Waals surface area contributed by atoms with Crippen LogP contribution in [0.4, 0.5) is 0 Å². The molecule has 0 bridgehead atoms. The van der Waals surface area contributed by atoms with Gasteiger partial charge in [0.05, 0.1) is 0 Å². The van der Waals surface area contributed by atoms with Crippen molar-refractivity contribution in [2.24, 2.45) is 5.16 Å². The van der Waals surface area contributed by atoms with Crippen molar-refractivity contribution in [1.82, 2.24) is 4.98 Å². The molecular formula is C16H12N2O. The zero-order valence-electron chi connectivity index (χ0n) is 10.2. The van der Waals surface area contributed by atoms with Gasteiger partial charge in [0.15, 0.2) is 0 Å². The minimum Gasteiger partial charge on any atom is -0.410 e. The average Bonchev–Trinajstić information content (AvgIpc) is 2.49. The molecule has 3 aromatic rings. The Morgan fingerprint density at radius 1 is 0.895 bits per heavy atom. The molecule has 0 spiro atoms. The number of pyridine rings is 1. The van der Waals surface area contributed by atoms with Gasteiger partial charge in [0.25, 0.3) is 0 Å². The van der Waals surface area contributed by atoms with E-state index in [2.05, 4.69) is 10.1 Å². The lowest BCUT2D eigenvalue weighted by Crippen LogP contribution is -2.04. The first kappa shape index (κ1) is 11.4. The van der Waals surface area contributed by atoms with Crippen LogP contribution in [0, 0.1) is 0 Å². The van der Waals surface area contributed by atoms with Gasteiger partial charge in [-0.05, 0) is 22.9 Å². The van der Waals surface area contributed by atoms with E-state index in [1.807, 2.05) is 54.6 Å². The van der Waals surface area contributed by atoms with Crippen LogP contribution in [-0.4, -0.2) is 15.9 Å². The number of fused-ring (bicyclic) bond motifs is 1. The van der Waals surface area contributed by atoms with Crippen molar-refractivity contribution in [3.8, 4) is 0 Å². The highest BCUT2D eigenvalue weighted by Crippen LogP contribution is 2.21. The van der Waals surface area contributed by atoms with Gasteiger partial charge in [-0.2, -0.15) is 0 Å². The van der Waals surface area contributed by atoms with Crippen molar-refractivity contribution in [3.05, 3.63) is 78.1 Å². The first-order valence-electron chi connectivity index (χ1n) is 6.01. The van der Waals surface area contributed by atoms with Gasteiger partial charge in [-0.25, -0.2) is 0 Å². The summed E-state index contributed by atoms with van der Waals surface area (Å²) in [5, 5.41) is 15.0. The lowest BCUT2D eigenvalue weighted by atomic mass is 9.97. The topological polar surface area (TPSA) is 45.5 Å². The van der Waals surface area contributed by atoms with Gasteiger partial charge in [-0.15, -0.1) is 0 Å². The fourth-order valence-corrected chi connectivity index (χ4v) is 2.21. The smallest absolute Gasteiger partial charge is 0.117 e. The molecule has 0 aliphatic rings. The normalized spacial score (nSPS) is 11.7. The molecule has 0 radical (unpaired) electrons. The van der Waals surface area contributed by atoms with E-state index in [-0.39, 0.29) is 0 Å². The van der Waals surface area contributed by atoms with E-state index >= 15 is 0 Å². The standard InChI is InChI=1S/C16H12N2O/c19-18-16(13-8-10-17-11-9-13)15-7-3-5-12-4-1-2-6-14(12)15/h1-11,19H/b18-16-. The van der Waals surface area contributed by atoms with Gasteiger partial charge < -0.3 is 5.21 Å². The second-order valence-electron chi connectivity index (χ2n) is 4.21. The molecule has 0 amide bonds. The number of benzene rings is 2. The SMILES string of the molecule is O/N=C(/c1ccncc1)c1cccc2ccccc12. The van der Waals surface area contributed by atoms with Crippen LogP contribution in [-0.2, 0) is 0 Å². The number of hydrogen-bond donors (Lipinski definition) is 1. The lowest BCUT2D eigenvalue weighted by Gasteiger charge is -2.08. The third-order valence-corrected chi connectivity index (χ3v) is 3.10. The van der Waals surface area contributed by atoms with Crippen LogP contribution in [0.3, 0.4) is 0 Å². The van der Waals surface area contributed by atoms with Crippen LogP contribution < -0.4 is 0 Å². The Bertz CT molecular complexity index is 731.